The van der Waals surface area contributed by atoms with Crippen LogP contribution in [0.4, 0.5) is 0 Å². The Morgan fingerprint density at radius 3 is 2.00 bits per heavy atom. The molecular formula is C46H25NOS. The lowest BCUT2D eigenvalue weighted by Gasteiger charge is -2.11. The van der Waals surface area contributed by atoms with Gasteiger partial charge in [-0.1, -0.05) is 97.1 Å². The van der Waals surface area contributed by atoms with Gasteiger partial charge < -0.3 is 8.98 Å². The smallest absolute Gasteiger partial charge is 0.137 e. The number of thiophene rings is 1. The van der Waals surface area contributed by atoms with Crippen LogP contribution in [0.1, 0.15) is 0 Å². The van der Waals surface area contributed by atoms with Gasteiger partial charge in [-0.2, -0.15) is 0 Å². The second kappa shape index (κ2) is 9.25. The summed E-state index contributed by atoms with van der Waals surface area (Å²) in [7, 11) is 0. The number of furan rings is 1. The first-order chi connectivity index (χ1) is 24.3. The Morgan fingerprint density at radius 2 is 1.10 bits per heavy atom. The molecule has 0 atom stereocenters. The average Bonchev–Trinajstić information content (AvgIpc) is 3.90. The van der Waals surface area contributed by atoms with Crippen molar-refractivity contribution in [2.24, 2.45) is 0 Å². The van der Waals surface area contributed by atoms with E-state index in [2.05, 4.69) is 150 Å². The largest absolute Gasteiger partial charge is 0.456 e. The molecule has 0 radical (unpaired) electrons. The molecule has 49 heavy (non-hydrogen) atoms. The van der Waals surface area contributed by atoms with Crippen molar-refractivity contribution in [3.05, 3.63) is 152 Å². The lowest BCUT2D eigenvalue weighted by Crippen LogP contribution is -1.94. The molecule has 2 nitrogen and oxygen atoms in total. The van der Waals surface area contributed by atoms with Crippen LogP contribution in [0, 0.1) is 0 Å². The molecule has 0 amide bonds. The van der Waals surface area contributed by atoms with Crippen LogP contribution in [-0.2, 0) is 0 Å². The van der Waals surface area contributed by atoms with Gasteiger partial charge in [-0.15, -0.1) is 11.3 Å². The molecule has 3 heterocycles. The predicted molar refractivity (Wildman–Crippen MR) is 208 cm³/mol. The maximum Gasteiger partial charge on any atom is 0.137 e. The van der Waals surface area contributed by atoms with Gasteiger partial charge in [0.2, 0.25) is 0 Å². The van der Waals surface area contributed by atoms with Crippen molar-refractivity contribution >= 4 is 86.0 Å². The summed E-state index contributed by atoms with van der Waals surface area (Å²) in [5, 5.41) is 10.1. The van der Waals surface area contributed by atoms with Crippen molar-refractivity contribution in [3.63, 3.8) is 0 Å². The molecule has 0 spiro atoms. The van der Waals surface area contributed by atoms with Crippen LogP contribution in [0.5, 0.6) is 0 Å². The normalized spacial score (nSPS) is 12.5. The highest BCUT2D eigenvalue weighted by molar-refractivity contribution is 7.25. The molecule has 226 valence electrons. The molecule has 1 aliphatic rings. The number of nitrogens with zero attached hydrogens (tertiary/aromatic N) is 1. The molecule has 12 rings (SSSR count). The fourth-order valence-electron chi connectivity index (χ4n) is 8.67. The summed E-state index contributed by atoms with van der Waals surface area (Å²) in [4.78, 5) is 0. The third-order valence-corrected chi connectivity index (χ3v) is 11.9. The van der Waals surface area contributed by atoms with Crippen LogP contribution >= 0.6 is 11.3 Å². The number of hydrogen-bond donors (Lipinski definition) is 0. The molecule has 0 saturated carbocycles. The van der Waals surface area contributed by atoms with Crippen molar-refractivity contribution in [3.8, 4) is 39.1 Å². The van der Waals surface area contributed by atoms with Crippen LogP contribution in [0.15, 0.2) is 156 Å². The second-order valence-electron chi connectivity index (χ2n) is 13.2. The minimum atomic E-state index is 0.915. The van der Waals surface area contributed by atoms with E-state index in [0.29, 0.717) is 0 Å². The van der Waals surface area contributed by atoms with Gasteiger partial charge in [0.05, 0.1) is 16.4 Å². The maximum absolute atomic E-state index is 6.37. The standard InChI is InChI=1S/C46H25NOS/c1-2-9-30-29(8-1)33-13-7-12-32-28(18-19-34(30)44(32)33)26-16-22-42-37(24-26)38-25-27(17-23-43(38)49-42)47-39-14-5-3-10-31(39)35-20-21-41-45(46(35)47)36-11-4-6-15-40(36)48-41/h1-25H. The highest BCUT2D eigenvalue weighted by atomic mass is 32.1. The van der Waals surface area contributed by atoms with Crippen LogP contribution in [0.2, 0.25) is 0 Å². The van der Waals surface area contributed by atoms with E-state index in [-0.39, 0.29) is 0 Å². The molecule has 3 heteroatoms. The summed E-state index contributed by atoms with van der Waals surface area (Å²) in [5.74, 6) is 0. The summed E-state index contributed by atoms with van der Waals surface area (Å²) in [6.07, 6.45) is 0. The SMILES string of the molecule is c1ccc2c(c1)-c1cccc3c(-c4ccc5sc6ccc(-n7c8ccccc8c8ccc9oc%10ccccc%10c9c87)cc6c5c4)ccc-2c13. The first-order valence-corrected chi connectivity index (χ1v) is 17.6. The van der Waals surface area contributed by atoms with Gasteiger partial charge in [0, 0.05) is 42.0 Å². The van der Waals surface area contributed by atoms with Crippen molar-refractivity contribution in [1.82, 2.24) is 4.57 Å². The fraction of sp³-hybridized carbons (Fsp3) is 0. The van der Waals surface area contributed by atoms with Crippen molar-refractivity contribution in [2.45, 2.75) is 0 Å². The van der Waals surface area contributed by atoms with E-state index in [1.807, 2.05) is 17.4 Å². The van der Waals surface area contributed by atoms with Gasteiger partial charge in [-0.3, -0.25) is 0 Å². The quantitative estimate of drug-likeness (QED) is 0.184. The van der Waals surface area contributed by atoms with E-state index in [1.165, 1.54) is 86.1 Å². The van der Waals surface area contributed by atoms with Crippen LogP contribution in [0.25, 0.3) is 114 Å². The molecular weight excluding hydrogens is 615 g/mol. The number of para-hydroxylation sites is 2. The van der Waals surface area contributed by atoms with Gasteiger partial charge in [-0.05, 0) is 98.8 Å². The molecule has 0 N–H and O–H groups in total. The van der Waals surface area contributed by atoms with E-state index in [9.17, 15) is 0 Å². The van der Waals surface area contributed by atoms with Crippen molar-refractivity contribution in [2.75, 3.05) is 0 Å². The zero-order chi connectivity index (χ0) is 31.8. The van der Waals surface area contributed by atoms with E-state index < -0.39 is 0 Å². The first-order valence-electron chi connectivity index (χ1n) is 16.8. The third-order valence-electron chi connectivity index (χ3n) is 10.7. The van der Waals surface area contributed by atoms with Crippen LogP contribution in [0.3, 0.4) is 0 Å². The van der Waals surface area contributed by atoms with Crippen LogP contribution in [-0.4, -0.2) is 4.57 Å². The van der Waals surface area contributed by atoms with Gasteiger partial charge >= 0.3 is 0 Å². The summed E-state index contributed by atoms with van der Waals surface area (Å²) < 4.78 is 11.4. The Kier molecular flexibility index (Phi) is 4.89. The fourth-order valence-corrected chi connectivity index (χ4v) is 9.73. The summed E-state index contributed by atoms with van der Waals surface area (Å²) in [6, 6.07) is 55.7. The minimum absolute atomic E-state index is 0.915. The Labute approximate surface area is 284 Å². The van der Waals surface area contributed by atoms with E-state index >= 15 is 0 Å². The Morgan fingerprint density at radius 1 is 0.408 bits per heavy atom. The number of benzene rings is 8. The molecule has 0 fully saturated rings. The highest BCUT2D eigenvalue weighted by Crippen LogP contribution is 2.50. The minimum Gasteiger partial charge on any atom is -0.456 e. The highest BCUT2D eigenvalue weighted by Gasteiger charge is 2.23. The van der Waals surface area contributed by atoms with Crippen LogP contribution < -0.4 is 0 Å². The number of hydrogen-bond acceptors (Lipinski definition) is 2. The summed E-state index contributed by atoms with van der Waals surface area (Å²) >= 11 is 1.87. The van der Waals surface area contributed by atoms with Crippen molar-refractivity contribution < 1.29 is 4.42 Å². The maximum atomic E-state index is 6.37. The number of aromatic nitrogens is 1. The third kappa shape index (κ3) is 3.35. The first kappa shape index (κ1) is 25.9. The molecule has 0 bridgehead atoms. The lowest BCUT2D eigenvalue weighted by molar-refractivity contribution is 0.669. The van der Waals surface area contributed by atoms with Crippen molar-refractivity contribution in [1.29, 1.82) is 0 Å². The van der Waals surface area contributed by atoms with E-state index in [1.54, 1.807) is 0 Å². The lowest BCUT2D eigenvalue weighted by atomic mass is 9.93. The zero-order valence-electron chi connectivity index (χ0n) is 26.2. The predicted octanol–water partition coefficient (Wildman–Crippen LogP) is 13.5. The zero-order valence-corrected chi connectivity index (χ0v) is 27.0. The van der Waals surface area contributed by atoms with E-state index in [4.69, 9.17) is 4.42 Å². The Hall–Kier alpha value is -6.16. The number of rotatable bonds is 2. The van der Waals surface area contributed by atoms with Gasteiger partial charge in [0.25, 0.3) is 0 Å². The second-order valence-corrected chi connectivity index (χ2v) is 14.3. The topological polar surface area (TPSA) is 18.1 Å². The Balaban J connectivity index is 1.11. The molecule has 3 aromatic heterocycles. The molecule has 8 aromatic carbocycles. The molecule has 1 aliphatic carbocycles. The summed E-state index contributed by atoms with van der Waals surface area (Å²) in [6.45, 7) is 0. The molecule has 0 saturated heterocycles. The van der Waals surface area contributed by atoms with Gasteiger partial charge in [0.15, 0.2) is 0 Å². The Bertz CT molecular complexity index is 3200. The molecule has 0 aliphatic heterocycles. The molecule has 0 unspecified atom stereocenters. The summed E-state index contributed by atoms with van der Waals surface area (Å²) in [5.41, 5.74) is 13.2. The van der Waals surface area contributed by atoms with E-state index in [0.717, 1.165) is 27.6 Å². The average molecular weight is 640 g/mol. The number of fused-ring (bicyclic) bond motifs is 13. The molecule has 11 aromatic rings. The van der Waals surface area contributed by atoms with Gasteiger partial charge in [0.1, 0.15) is 11.2 Å². The monoisotopic (exact) mass is 639 g/mol. The van der Waals surface area contributed by atoms with Gasteiger partial charge in [-0.25, -0.2) is 0 Å².